The Morgan fingerprint density at radius 2 is 2.00 bits per heavy atom. The molecule has 0 saturated carbocycles. The molecule has 1 N–H and O–H groups in total. The van der Waals surface area contributed by atoms with Crippen molar-refractivity contribution >= 4 is 5.91 Å². The van der Waals surface area contributed by atoms with E-state index >= 15 is 0 Å². The highest BCUT2D eigenvalue weighted by atomic mass is 16.5. The number of hydrogen-bond donors (Lipinski definition) is 1. The first-order valence-corrected chi connectivity index (χ1v) is 9.02. The average molecular weight is 342 g/mol. The molecule has 2 aromatic rings. The number of rotatable bonds is 6. The van der Waals surface area contributed by atoms with E-state index in [1.165, 1.54) is 12.8 Å². The van der Waals surface area contributed by atoms with Gasteiger partial charge in [0, 0.05) is 13.0 Å². The van der Waals surface area contributed by atoms with Gasteiger partial charge in [0.15, 0.2) is 5.82 Å². The quantitative estimate of drug-likeness (QED) is 0.876. The molecule has 1 aromatic heterocycles. The maximum Gasteiger partial charge on any atom is 0.223 e. The molecule has 6 heteroatoms. The fourth-order valence-electron chi connectivity index (χ4n) is 3.21. The van der Waals surface area contributed by atoms with Crippen LogP contribution < -0.4 is 10.1 Å². The van der Waals surface area contributed by atoms with Crippen LogP contribution in [-0.4, -0.2) is 27.3 Å². The third kappa shape index (κ3) is 4.38. The largest absolute Gasteiger partial charge is 0.493 e. The summed E-state index contributed by atoms with van der Waals surface area (Å²) in [6.07, 6.45) is 4.85. The summed E-state index contributed by atoms with van der Waals surface area (Å²) in [5.74, 6) is 2.73. The third-order valence-corrected chi connectivity index (χ3v) is 4.61. The summed E-state index contributed by atoms with van der Waals surface area (Å²) in [7, 11) is 0. The molecule has 3 rings (SSSR count). The van der Waals surface area contributed by atoms with Gasteiger partial charge >= 0.3 is 0 Å². The van der Waals surface area contributed by atoms with E-state index in [0.29, 0.717) is 19.6 Å². The Kier molecular flexibility index (Phi) is 5.68. The van der Waals surface area contributed by atoms with Crippen LogP contribution in [0.2, 0.25) is 0 Å². The first-order chi connectivity index (χ1) is 12.1. The van der Waals surface area contributed by atoms with E-state index in [4.69, 9.17) is 4.74 Å². The molecule has 0 spiro atoms. The fraction of sp³-hybridized carbons (Fsp3) is 0.526. The van der Waals surface area contributed by atoms with E-state index in [0.717, 1.165) is 47.9 Å². The Balaban J connectivity index is 1.47. The van der Waals surface area contributed by atoms with Crippen LogP contribution >= 0.6 is 0 Å². The predicted molar refractivity (Wildman–Crippen MR) is 95.5 cm³/mol. The zero-order valence-electron chi connectivity index (χ0n) is 15.0. The molecule has 1 amide bonds. The van der Waals surface area contributed by atoms with Crippen LogP contribution in [-0.2, 0) is 24.3 Å². The molecule has 1 aromatic carbocycles. The first kappa shape index (κ1) is 17.5. The number of carbonyl (C=O) groups excluding carboxylic acids is 1. The van der Waals surface area contributed by atoms with Crippen LogP contribution in [0.5, 0.6) is 5.75 Å². The monoisotopic (exact) mass is 342 g/mol. The summed E-state index contributed by atoms with van der Waals surface area (Å²) >= 11 is 0. The van der Waals surface area contributed by atoms with Crippen LogP contribution in [0.4, 0.5) is 0 Å². The molecule has 6 nitrogen and oxygen atoms in total. The molecule has 0 saturated heterocycles. The number of carbonyl (C=O) groups is 1. The maximum atomic E-state index is 12.1. The molecule has 0 atom stereocenters. The summed E-state index contributed by atoms with van der Waals surface area (Å²) in [5.41, 5.74) is 2.18. The molecule has 1 aliphatic heterocycles. The molecule has 0 aliphatic carbocycles. The Bertz CT molecular complexity index is 719. The highest BCUT2D eigenvalue weighted by Gasteiger charge is 2.15. The Labute approximate surface area is 148 Å². The zero-order chi connectivity index (χ0) is 17.6. The van der Waals surface area contributed by atoms with E-state index in [-0.39, 0.29) is 5.91 Å². The van der Waals surface area contributed by atoms with E-state index < -0.39 is 0 Å². The summed E-state index contributed by atoms with van der Waals surface area (Å²) in [6.45, 7) is 5.77. The average Bonchev–Trinajstić information content (AvgIpc) is 2.82. The lowest BCUT2D eigenvalue weighted by Crippen LogP contribution is -2.26. The minimum absolute atomic E-state index is 0.0304. The lowest BCUT2D eigenvalue weighted by atomic mass is 10.1. The number of para-hydroxylation sites is 1. The van der Waals surface area contributed by atoms with Gasteiger partial charge in [0.25, 0.3) is 0 Å². The molecule has 25 heavy (non-hydrogen) atoms. The zero-order valence-corrected chi connectivity index (χ0v) is 15.0. The van der Waals surface area contributed by atoms with E-state index in [1.807, 2.05) is 32.0 Å². The first-order valence-electron chi connectivity index (χ1n) is 9.02. The third-order valence-electron chi connectivity index (χ3n) is 4.61. The fourth-order valence-corrected chi connectivity index (χ4v) is 3.21. The number of hydrogen-bond acceptors (Lipinski definition) is 4. The van der Waals surface area contributed by atoms with Crippen LogP contribution in [0.15, 0.2) is 18.2 Å². The lowest BCUT2D eigenvalue weighted by Gasteiger charge is -2.12. The number of benzene rings is 1. The van der Waals surface area contributed by atoms with E-state index in [1.54, 1.807) is 0 Å². The minimum atomic E-state index is -0.0304. The van der Waals surface area contributed by atoms with Crippen molar-refractivity contribution in [2.24, 2.45) is 0 Å². The number of nitrogens with one attached hydrogen (secondary N) is 1. The SMILES string of the molecule is Cc1cccc(C)c1OCCC(=O)NCc1nnc2n1CCCCC2. The summed E-state index contributed by atoms with van der Waals surface area (Å²) in [4.78, 5) is 12.1. The standard InChI is InChI=1S/C19H26N4O2/c1-14-7-6-8-15(2)19(14)25-12-10-18(24)20-13-17-22-21-16-9-4-3-5-11-23(16)17/h6-8H,3-5,9-13H2,1-2H3,(H,20,24). The second-order valence-electron chi connectivity index (χ2n) is 6.59. The Morgan fingerprint density at radius 1 is 1.20 bits per heavy atom. The van der Waals surface area contributed by atoms with Crippen molar-refractivity contribution in [3.05, 3.63) is 41.0 Å². The number of aryl methyl sites for hydroxylation is 3. The van der Waals surface area contributed by atoms with Gasteiger partial charge in [0.05, 0.1) is 19.6 Å². The molecule has 134 valence electrons. The molecule has 0 radical (unpaired) electrons. The van der Waals surface area contributed by atoms with Crippen molar-refractivity contribution in [2.75, 3.05) is 6.61 Å². The summed E-state index contributed by atoms with van der Waals surface area (Å²) in [5, 5.41) is 11.4. The molecule has 1 aliphatic rings. The van der Waals surface area contributed by atoms with Crippen LogP contribution in [0, 0.1) is 13.8 Å². The summed E-state index contributed by atoms with van der Waals surface area (Å²) < 4.78 is 7.94. The van der Waals surface area contributed by atoms with Crippen molar-refractivity contribution in [3.8, 4) is 5.75 Å². The highest BCUT2D eigenvalue weighted by Crippen LogP contribution is 2.22. The van der Waals surface area contributed by atoms with Gasteiger partial charge in [-0.1, -0.05) is 24.6 Å². The van der Waals surface area contributed by atoms with Gasteiger partial charge in [-0.05, 0) is 37.8 Å². The molecule has 0 unspecified atom stereocenters. The molecular weight excluding hydrogens is 316 g/mol. The van der Waals surface area contributed by atoms with Gasteiger partial charge in [-0.3, -0.25) is 4.79 Å². The number of ether oxygens (including phenoxy) is 1. The van der Waals surface area contributed by atoms with Crippen LogP contribution in [0.1, 0.15) is 48.5 Å². The number of fused-ring (bicyclic) bond motifs is 1. The smallest absolute Gasteiger partial charge is 0.223 e. The van der Waals surface area contributed by atoms with Gasteiger partial charge in [-0.25, -0.2) is 0 Å². The summed E-state index contributed by atoms with van der Waals surface area (Å²) in [6, 6.07) is 6.03. The second kappa shape index (κ2) is 8.14. The van der Waals surface area contributed by atoms with Gasteiger partial charge in [0.2, 0.25) is 5.91 Å². The van der Waals surface area contributed by atoms with Gasteiger partial charge < -0.3 is 14.6 Å². The van der Waals surface area contributed by atoms with Crippen LogP contribution in [0.25, 0.3) is 0 Å². The Hall–Kier alpha value is -2.37. The maximum absolute atomic E-state index is 12.1. The molecule has 0 bridgehead atoms. The van der Waals surface area contributed by atoms with E-state index in [2.05, 4.69) is 20.1 Å². The van der Waals surface area contributed by atoms with Crippen molar-refractivity contribution < 1.29 is 9.53 Å². The molecular formula is C19H26N4O2. The van der Waals surface area contributed by atoms with Gasteiger partial charge in [0.1, 0.15) is 11.6 Å². The lowest BCUT2D eigenvalue weighted by molar-refractivity contribution is -0.121. The highest BCUT2D eigenvalue weighted by molar-refractivity contribution is 5.75. The predicted octanol–water partition coefficient (Wildman–Crippen LogP) is 2.71. The van der Waals surface area contributed by atoms with Gasteiger partial charge in [-0.15, -0.1) is 10.2 Å². The number of amides is 1. The van der Waals surface area contributed by atoms with Crippen molar-refractivity contribution in [1.82, 2.24) is 20.1 Å². The Morgan fingerprint density at radius 3 is 2.80 bits per heavy atom. The minimum Gasteiger partial charge on any atom is -0.493 e. The molecule has 2 heterocycles. The molecule has 0 fully saturated rings. The van der Waals surface area contributed by atoms with Crippen molar-refractivity contribution in [1.29, 1.82) is 0 Å². The van der Waals surface area contributed by atoms with Gasteiger partial charge in [-0.2, -0.15) is 0 Å². The number of nitrogens with zero attached hydrogens (tertiary/aromatic N) is 3. The topological polar surface area (TPSA) is 69.0 Å². The van der Waals surface area contributed by atoms with Crippen molar-refractivity contribution in [2.45, 2.75) is 59.0 Å². The van der Waals surface area contributed by atoms with Crippen LogP contribution in [0.3, 0.4) is 0 Å². The second-order valence-corrected chi connectivity index (χ2v) is 6.59. The normalized spacial score (nSPS) is 13.8. The van der Waals surface area contributed by atoms with Crippen molar-refractivity contribution in [3.63, 3.8) is 0 Å². The van der Waals surface area contributed by atoms with E-state index in [9.17, 15) is 4.79 Å². The number of aromatic nitrogens is 3.